The third-order valence-electron chi connectivity index (χ3n) is 4.37. The lowest BCUT2D eigenvalue weighted by molar-refractivity contribution is 0.108. The van der Waals surface area contributed by atoms with E-state index in [1.54, 1.807) is 0 Å². The van der Waals surface area contributed by atoms with Gasteiger partial charge in [-0.1, -0.05) is 27.2 Å². The molecule has 0 radical (unpaired) electrons. The second-order valence-electron chi connectivity index (χ2n) is 6.18. The molecule has 0 aromatic carbocycles. The first-order valence-corrected chi connectivity index (χ1v) is 6.71. The van der Waals surface area contributed by atoms with E-state index in [1.165, 1.54) is 18.4 Å². The Balaban J connectivity index is 2.35. The Hall–Kier alpha value is -0.830. The van der Waals surface area contributed by atoms with Gasteiger partial charge in [-0.15, -0.1) is 0 Å². The van der Waals surface area contributed by atoms with Gasteiger partial charge in [0.1, 0.15) is 0 Å². The maximum Gasteiger partial charge on any atom is 0.0540 e. The van der Waals surface area contributed by atoms with E-state index in [0.29, 0.717) is 11.8 Å². The maximum absolute atomic E-state index is 6.78. The third-order valence-corrected chi connectivity index (χ3v) is 4.37. The average Bonchev–Trinajstić information content (AvgIpc) is 2.64. The molecule has 3 atom stereocenters. The molecule has 3 unspecified atom stereocenters. The lowest BCUT2D eigenvalue weighted by Crippen LogP contribution is -2.50. The molecule has 17 heavy (non-hydrogen) atoms. The fourth-order valence-corrected chi connectivity index (χ4v) is 3.47. The molecule has 96 valence electrons. The van der Waals surface area contributed by atoms with E-state index < -0.39 is 0 Å². The summed E-state index contributed by atoms with van der Waals surface area (Å²) in [6, 6.07) is 0. The molecular weight excluding hydrogens is 210 g/mol. The van der Waals surface area contributed by atoms with Crippen LogP contribution in [-0.4, -0.2) is 9.78 Å². The summed E-state index contributed by atoms with van der Waals surface area (Å²) < 4.78 is 1.86. The summed E-state index contributed by atoms with van der Waals surface area (Å²) in [5, 5.41) is 4.29. The molecule has 1 heterocycles. The van der Waals surface area contributed by atoms with Crippen molar-refractivity contribution in [3.8, 4) is 0 Å². The Morgan fingerprint density at radius 1 is 1.47 bits per heavy atom. The molecule has 3 heteroatoms. The van der Waals surface area contributed by atoms with Crippen LogP contribution in [0.25, 0.3) is 0 Å². The zero-order chi connectivity index (χ0) is 12.6. The smallest absolute Gasteiger partial charge is 0.0540 e. The number of nitrogens with two attached hydrogens (primary N) is 1. The highest BCUT2D eigenvalue weighted by Crippen LogP contribution is 2.45. The van der Waals surface area contributed by atoms with Gasteiger partial charge in [-0.2, -0.15) is 5.10 Å². The minimum atomic E-state index is -0.180. The van der Waals surface area contributed by atoms with E-state index in [9.17, 15) is 0 Å². The molecule has 1 aromatic rings. The fourth-order valence-electron chi connectivity index (χ4n) is 3.47. The van der Waals surface area contributed by atoms with E-state index in [-0.39, 0.29) is 5.54 Å². The van der Waals surface area contributed by atoms with Crippen molar-refractivity contribution < 1.29 is 0 Å². The predicted molar refractivity (Wildman–Crippen MR) is 70.4 cm³/mol. The third kappa shape index (κ3) is 2.25. The quantitative estimate of drug-likeness (QED) is 0.856. The molecule has 0 amide bonds. The topological polar surface area (TPSA) is 43.8 Å². The minimum Gasteiger partial charge on any atom is -0.321 e. The van der Waals surface area contributed by atoms with Gasteiger partial charge in [0.05, 0.1) is 6.20 Å². The van der Waals surface area contributed by atoms with Crippen LogP contribution in [0.15, 0.2) is 12.4 Å². The molecule has 1 saturated carbocycles. The second kappa shape index (κ2) is 4.45. The van der Waals surface area contributed by atoms with Crippen molar-refractivity contribution in [2.45, 2.75) is 45.6 Å². The molecule has 0 saturated heterocycles. The van der Waals surface area contributed by atoms with Crippen LogP contribution in [0.5, 0.6) is 0 Å². The van der Waals surface area contributed by atoms with Crippen molar-refractivity contribution in [1.82, 2.24) is 9.78 Å². The molecule has 2 rings (SSSR count). The van der Waals surface area contributed by atoms with E-state index >= 15 is 0 Å². The van der Waals surface area contributed by atoms with Crippen LogP contribution in [-0.2, 0) is 12.6 Å². The number of aryl methyl sites for hydroxylation is 1. The van der Waals surface area contributed by atoms with Gasteiger partial charge in [0.2, 0.25) is 0 Å². The number of hydrogen-bond donors (Lipinski definition) is 1. The summed E-state index contributed by atoms with van der Waals surface area (Å²) in [4.78, 5) is 0. The first-order chi connectivity index (χ1) is 7.93. The van der Waals surface area contributed by atoms with E-state index in [4.69, 9.17) is 5.73 Å². The zero-order valence-corrected chi connectivity index (χ0v) is 11.5. The number of aromatic nitrogens is 2. The Morgan fingerprint density at radius 3 is 2.71 bits per heavy atom. The average molecular weight is 235 g/mol. The van der Waals surface area contributed by atoms with Crippen LogP contribution in [0.4, 0.5) is 0 Å². The molecule has 1 aromatic heterocycles. The number of hydrogen-bond acceptors (Lipinski definition) is 2. The molecular formula is C14H25N3. The first kappa shape index (κ1) is 12.6. The van der Waals surface area contributed by atoms with Crippen molar-refractivity contribution in [2.75, 3.05) is 0 Å². The summed E-state index contributed by atoms with van der Waals surface area (Å²) >= 11 is 0. The normalized spacial score (nSPS) is 34.2. The molecule has 3 nitrogen and oxygen atoms in total. The molecule has 0 spiro atoms. The van der Waals surface area contributed by atoms with E-state index in [2.05, 4.69) is 32.1 Å². The van der Waals surface area contributed by atoms with Crippen molar-refractivity contribution in [2.24, 2.45) is 30.5 Å². The molecule has 0 bridgehead atoms. The van der Waals surface area contributed by atoms with Gasteiger partial charge < -0.3 is 5.73 Å². The zero-order valence-electron chi connectivity index (χ0n) is 11.5. The van der Waals surface area contributed by atoms with Crippen LogP contribution in [0.3, 0.4) is 0 Å². The van der Waals surface area contributed by atoms with E-state index in [1.807, 2.05) is 17.9 Å². The van der Waals surface area contributed by atoms with Crippen LogP contribution < -0.4 is 5.73 Å². The van der Waals surface area contributed by atoms with Gasteiger partial charge in [0.15, 0.2) is 0 Å². The van der Waals surface area contributed by atoms with Gasteiger partial charge in [-0.3, -0.25) is 4.68 Å². The maximum atomic E-state index is 6.78. The van der Waals surface area contributed by atoms with Gasteiger partial charge in [-0.25, -0.2) is 0 Å². The fraction of sp³-hybridized carbons (Fsp3) is 0.786. The van der Waals surface area contributed by atoms with Gasteiger partial charge in [0, 0.05) is 24.3 Å². The van der Waals surface area contributed by atoms with Crippen molar-refractivity contribution >= 4 is 0 Å². The molecule has 1 fully saturated rings. The van der Waals surface area contributed by atoms with E-state index in [0.717, 1.165) is 12.3 Å². The Labute approximate surface area is 104 Å². The molecule has 1 aliphatic rings. The molecule has 0 aliphatic heterocycles. The lowest BCUT2D eigenvalue weighted by Gasteiger charge is -2.45. The summed E-state index contributed by atoms with van der Waals surface area (Å²) in [6.07, 6.45) is 7.68. The summed E-state index contributed by atoms with van der Waals surface area (Å²) in [7, 11) is 1.96. The van der Waals surface area contributed by atoms with Gasteiger partial charge in [-0.05, 0) is 30.6 Å². The summed E-state index contributed by atoms with van der Waals surface area (Å²) in [6.45, 7) is 6.89. The van der Waals surface area contributed by atoms with Crippen molar-refractivity contribution in [3.63, 3.8) is 0 Å². The minimum absolute atomic E-state index is 0.180. The monoisotopic (exact) mass is 235 g/mol. The standard InChI is InChI=1S/C14H25N3/c1-10(2)13-6-5-11(3)7-14(13,15)12-8-16-17(4)9-12/h8-11,13H,5-7,15H2,1-4H3. The van der Waals surface area contributed by atoms with Crippen molar-refractivity contribution in [3.05, 3.63) is 18.0 Å². The Morgan fingerprint density at radius 2 is 2.18 bits per heavy atom. The highest BCUT2D eigenvalue weighted by Gasteiger charge is 2.43. The largest absolute Gasteiger partial charge is 0.321 e. The van der Waals surface area contributed by atoms with Crippen LogP contribution in [0.2, 0.25) is 0 Å². The number of rotatable bonds is 2. The van der Waals surface area contributed by atoms with Crippen LogP contribution >= 0.6 is 0 Å². The SMILES string of the molecule is CC1CCC(C(C)C)C(N)(c2cnn(C)c2)C1. The molecule has 2 N–H and O–H groups in total. The summed E-state index contributed by atoms with van der Waals surface area (Å²) in [5.41, 5.74) is 7.81. The van der Waals surface area contributed by atoms with Gasteiger partial charge in [0.25, 0.3) is 0 Å². The highest BCUT2D eigenvalue weighted by molar-refractivity contribution is 5.21. The predicted octanol–water partition coefficient (Wildman–Crippen LogP) is 2.67. The summed E-state index contributed by atoms with van der Waals surface area (Å²) in [5.74, 6) is 1.92. The molecule has 1 aliphatic carbocycles. The Bertz CT molecular complexity index is 383. The first-order valence-electron chi connectivity index (χ1n) is 6.71. The number of nitrogens with zero attached hydrogens (tertiary/aromatic N) is 2. The highest BCUT2D eigenvalue weighted by atomic mass is 15.2. The van der Waals surface area contributed by atoms with Gasteiger partial charge >= 0.3 is 0 Å². The second-order valence-corrected chi connectivity index (χ2v) is 6.18. The van der Waals surface area contributed by atoms with Crippen LogP contribution in [0, 0.1) is 17.8 Å². The van der Waals surface area contributed by atoms with Crippen molar-refractivity contribution in [1.29, 1.82) is 0 Å². The Kier molecular flexibility index (Phi) is 3.30. The van der Waals surface area contributed by atoms with Crippen LogP contribution in [0.1, 0.15) is 45.6 Å². The lowest BCUT2D eigenvalue weighted by atomic mass is 9.63.